The van der Waals surface area contributed by atoms with E-state index in [1.807, 2.05) is 0 Å². The van der Waals surface area contributed by atoms with Crippen LogP contribution in [0.1, 0.15) is 27.2 Å². The second kappa shape index (κ2) is 7.62. The van der Waals surface area contributed by atoms with Gasteiger partial charge in [-0.2, -0.15) is 0 Å². The third-order valence-electron chi connectivity index (χ3n) is 1.82. The Balaban J connectivity index is 4.59. The van der Waals surface area contributed by atoms with Crippen LogP contribution in [0.15, 0.2) is 11.6 Å². The van der Waals surface area contributed by atoms with E-state index in [0.29, 0.717) is 18.3 Å². The van der Waals surface area contributed by atoms with Crippen LogP contribution in [0.4, 0.5) is 0 Å². The molecule has 0 aliphatic heterocycles. The lowest BCUT2D eigenvalue weighted by Crippen LogP contribution is -2.22. The number of ether oxygens (including phenoxy) is 2. The van der Waals surface area contributed by atoms with Gasteiger partial charge in [-0.25, -0.2) is 0 Å². The summed E-state index contributed by atoms with van der Waals surface area (Å²) in [4.78, 5) is 31.9. The minimum absolute atomic E-state index is 0.0418. The fraction of sp³-hybridized carbons (Fsp3) is 0.545. The van der Waals surface area contributed by atoms with Crippen LogP contribution in [0.25, 0.3) is 0 Å². The summed E-state index contributed by atoms with van der Waals surface area (Å²) in [6, 6.07) is 0. The first-order chi connectivity index (χ1) is 7.51. The van der Waals surface area contributed by atoms with Crippen LogP contribution in [0.5, 0.6) is 0 Å². The van der Waals surface area contributed by atoms with Gasteiger partial charge >= 0.3 is 11.9 Å². The largest absolute Gasteiger partial charge is 0.461 e. The molecule has 1 unspecified atom stereocenters. The van der Waals surface area contributed by atoms with Crippen LogP contribution >= 0.6 is 0 Å². The van der Waals surface area contributed by atoms with Crippen molar-refractivity contribution in [3.63, 3.8) is 0 Å². The molecule has 90 valence electrons. The number of carbonyl (C=O) groups is 3. The van der Waals surface area contributed by atoms with E-state index >= 15 is 0 Å². The molecule has 0 heterocycles. The van der Waals surface area contributed by atoms with Gasteiger partial charge in [-0.1, -0.05) is 6.92 Å². The zero-order valence-electron chi connectivity index (χ0n) is 9.69. The standard InChI is InChI=1S/C11H16O5/c1-4-11(16-9(3)14)10(5-6-12)7-15-8(2)13/h5-6,11H,4,7H2,1-3H3/b10-5-. The lowest BCUT2D eigenvalue weighted by Gasteiger charge is -2.18. The zero-order valence-corrected chi connectivity index (χ0v) is 9.69. The van der Waals surface area contributed by atoms with Crippen LogP contribution in [0.2, 0.25) is 0 Å². The first-order valence-corrected chi connectivity index (χ1v) is 4.96. The lowest BCUT2D eigenvalue weighted by atomic mass is 10.1. The molecule has 1 atom stereocenters. The Labute approximate surface area is 94.4 Å². The molecule has 5 heteroatoms. The molecule has 0 aromatic carbocycles. The fourth-order valence-corrected chi connectivity index (χ4v) is 1.14. The van der Waals surface area contributed by atoms with Crippen molar-refractivity contribution in [2.75, 3.05) is 6.61 Å². The van der Waals surface area contributed by atoms with Crippen LogP contribution in [0.3, 0.4) is 0 Å². The summed E-state index contributed by atoms with van der Waals surface area (Å²) in [5, 5.41) is 0. The van der Waals surface area contributed by atoms with Gasteiger partial charge in [-0.05, 0) is 12.5 Å². The minimum Gasteiger partial charge on any atom is -0.461 e. The van der Waals surface area contributed by atoms with E-state index in [4.69, 9.17) is 9.47 Å². The molecule has 0 rings (SSSR count). The van der Waals surface area contributed by atoms with Crippen LogP contribution < -0.4 is 0 Å². The number of esters is 2. The maximum atomic E-state index is 10.8. The van der Waals surface area contributed by atoms with Crippen LogP contribution in [-0.2, 0) is 23.9 Å². The average Bonchev–Trinajstić information content (AvgIpc) is 2.20. The normalized spacial score (nSPS) is 12.8. The van der Waals surface area contributed by atoms with Gasteiger partial charge in [0, 0.05) is 19.4 Å². The summed E-state index contributed by atoms with van der Waals surface area (Å²) >= 11 is 0. The van der Waals surface area contributed by atoms with Gasteiger partial charge in [0.1, 0.15) is 19.0 Å². The van der Waals surface area contributed by atoms with Crippen molar-refractivity contribution in [2.24, 2.45) is 0 Å². The van der Waals surface area contributed by atoms with Crippen molar-refractivity contribution < 1.29 is 23.9 Å². The van der Waals surface area contributed by atoms with Gasteiger partial charge in [0.05, 0.1) is 0 Å². The van der Waals surface area contributed by atoms with E-state index < -0.39 is 18.0 Å². The summed E-state index contributed by atoms with van der Waals surface area (Å²) in [6.45, 7) is 4.32. The summed E-state index contributed by atoms with van der Waals surface area (Å²) in [7, 11) is 0. The smallest absolute Gasteiger partial charge is 0.303 e. The average molecular weight is 228 g/mol. The number of carbonyl (C=O) groups excluding carboxylic acids is 3. The first kappa shape index (κ1) is 14.3. The fourth-order valence-electron chi connectivity index (χ4n) is 1.14. The molecule has 16 heavy (non-hydrogen) atoms. The highest BCUT2D eigenvalue weighted by Gasteiger charge is 2.16. The van der Waals surface area contributed by atoms with Gasteiger partial charge in [0.15, 0.2) is 0 Å². The van der Waals surface area contributed by atoms with Gasteiger partial charge in [0.2, 0.25) is 0 Å². The number of hydrogen-bond acceptors (Lipinski definition) is 5. The molecule has 0 aromatic heterocycles. The molecule has 5 nitrogen and oxygen atoms in total. The van der Waals surface area contributed by atoms with Crippen molar-refractivity contribution in [1.29, 1.82) is 0 Å². The molecule has 0 saturated carbocycles. The molecule has 0 N–H and O–H groups in total. The predicted molar refractivity (Wildman–Crippen MR) is 56.6 cm³/mol. The maximum absolute atomic E-state index is 10.8. The summed E-state index contributed by atoms with van der Waals surface area (Å²) in [5.74, 6) is -0.888. The molecule has 0 saturated heterocycles. The highest BCUT2D eigenvalue weighted by atomic mass is 16.6. The van der Waals surface area contributed by atoms with E-state index in [-0.39, 0.29) is 6.61 Å². The van der Waals surface area contributed by atoms with Gasteiger partial charge in [-0.3, -0.25) is 14.4 Å². The lowest BCUT2D eigenvalue weighted by molar-refractivity contribution is -0.145. The van der Waals surface area contributed by atoms with Crippen molar-refractivity contribution in [1.82, 2.24) is 0 Å². The third kappa shape index (κ3) is 5.95. The molecule has 0 aliphatic rings. The number of rotatable bonds is 6. The highest BCUT2D eigenvalue weighted by Crippen LogP contribution is 2.11. The van der Waals surface area contributed by atoms with E-state index in [2.05, 4.69) is 0 Å². The van der Waals surface area contributed by atoms with Gasteiger partial charge in [0.25, 0.3) is 0 Å². The Hall–Kier alpha value is -1.65. The SMILES string of the molecule is CCC(OC(C)=O)/C(=C\C=O)COC(C)=O. The molecule has 0 amide bonds. The van der Waals surface area contributed by atoms with Crippen molar-refractivity contribution in [3.05, 3.63) is 11.6 Å². The van der Waals surface area contributed by atoms with E-state index in [1.165, 1.54) is 19.9 Å². The minimum atomic E-state index is -0.526. The van der Waals surface area contributed by atoms with Gasteiger partial charge < -0.3 is 9.47 Å². The summed E-state index contributed by atoms with van der Waals surface area (Å²) < 4.78 is 9.75. The Kier molecular flexibility index (Phi) is 6.83. The van der Waals surface area contributed by atoms with Crippen LogP contribution in [0, 0.1) is 0 Å². The van der Waals surface area contributed by atoms with Crippen molar-refractivity contribution >= 4 is 18.2 Å². The highest BCUT2D eigenvalue weighted by molar-refractivity contribution is 5.69. The van der Waals surface area contributed by atoms with E-state index in [9.17, 15) is 14.4 Å². The van der Waals surface area contributed by atoms with Crippen molar-refractivity contribution in [2.45, 2.75) is 33.3 Å². The quantitative estimate of drug-likeness (QED) is 0.385. The molecular formula is C11H16O5. The monoisotopic (exact) mass is 228 g/mol. The predicted octanol–water partition coefficient (Wildman–Crippen LogP) is 1.02. The summed E-state index contributed by atoms with van der Waals surface area (Å²) in [6.07, 6.45) is 1.81. The Morgan fingerprint density at radius 2 is 1.88 bits per heavy atom. The maximum Gasteiger partial charge on any atom is 0.303 e. The molecule has 0 aromatic rings. The summed E-state index contributed by atoms with van der Waals surface area (Å²) in [5.41, 5.74) is 0.475. The molecule has 0 aliphatic carbocycles. The van der Waals surface area contributed by atoms with Crippen molar-refractivity contribution in [3.8, 4) is 0 Å². The molecule has 0 spiro atoms. The molecular weight excluding hydrogens is 212 g/mol. The second-order valence-electron chi connectivity index (χ2n) is 3.16. The molecule has 0 bridgehead atoms. The third-order valence-corrected chi connectivity index (χ3v) is 1.82. The Morgan fingerprint density at radius 3 is 2.25 bits per heavy atom. The van der Waals surface area contributed by atoms with Crippen LogP contribution in [-0.4, -0.2) is 30.9 Å². The molecule has 0 radical (unpaired) electrons. The zero-order chi connectivity index (χ0) is 12.6. The first-order valence-electron chi connectivity index (χ1n) is 4.96. The topological polar surface area (TPSA) is 69.7 Å². The van der Waals surface area contributed by atoms with Gasteiger partial charge in [-0.15, -0.1) is 0 Å². The Bertz CT molecular complexity index is 293. The number of allylic oxidation sites excluding steroid dienone is 1. The Morgan fingerprint density at radius 1 is 1.25 bits per heavy atom. The number of hydrogen-bond donors (Lipinski definition) is 0. The number of aldehydes is 1. The second-order valence-corrected chi connectivity index (χ2v) is 3.16. The molecule has 0 fully saturated rings. The van der Waals surface area contributed by atoms with E-state index in [0.717, 1.165) is 0 Å². The van der Waals surface area contributed by atoms with E-state index in [1.54, 1.807) is 6.92 Å².